The number of nitrogens with zero attached hydrogens (tertiary/aromatic N) is 2. The van der Waals surface area contributed by atoms with E-state index in [9.17, 15) is 18.0 Å². The van der Waals surface area contributed by atoms with Gasteiger partial charge in [0, 0.05) is 13.1 Å². The molecule has 2 saturated heterocycles. The lowest BCUT2D eigenvalue weighted by atomic mass is 10.0. The minimum absolute atomic E-state index is 0.288. The molecular formula is C12H21N3O4S. The van der Waals surface area contributed by atoms with Crippen LogP contribution in [0.25, 0.3) is 0 Å². The molecule has 2 amide bonds. The summed E-state index contributed by atoms with van der Waals surface area (Å²) in [6.45, 7) is 5.59. The normalized spacial score (nSPS) is 29.2. The second-order valence-corrected chi connectivity index (χ2v) is 7.91. The molecule has 2 rings (SSSR count). The number of nitrogens with one attached hydrogen (secondary N) is 1. The van der Waals surface area contributed by atoms with Crippen molar-refractivity contribution in [3.05, 3.63) is 0 Å². The number of carbonyl (C=O) groups excluding carboxylic acids is 2. The standard InChI is InChI=1S/C12H21N3O4S/c1-9-5-4-6-14(7-9)20(18,19)15-8-10(16)13-11(17)12(15,2)3/h9H,4-8H2,1-3H3,(H,13,16,17). The van der Waals surface area contributed by atoms with E-state index < -0.39 is 27.6 Å². The SMILES string of the molecule is CC1CCCN(S(=O)(=O)N2CC(=O)NC(=O)C2(C)C)C1. The topological polar surface area (TPSA) is 86.8 Å². The molecule has 8 heteroatoms. The molecule has 0 saturated carbocycles. The molecule has 0 aromatic rings. The molecule has 1 N–H and O–H groups in total. The summed E-state index contributed by atoms with van der Waals surface area (Å²) in [5, 5.41) is 2.18. The van der Waals surface area contributed by atoms with Crippen LogP contribution in [-0.4, -0.2) is 54.0 Å². The number of imide groups is 1. The summed E-state index contributed by atoms with van der Waals surface area (Å²) in [7, 11) is -3.81. The Balaban J connectivity index is 2.31. The number of piperazine rings is 1. The summed E-state index contributed by atoms with van der Waals surface area (Å²) in [4.78, 5) is 23.4. The summed E-state index contributed by atoms with van der Waals surface area (Å²) in [5.41, 5.74) is -1.26. The van der Waals surface area contributed by atoms with Crippen molar-refractivity contribution in [2.45, 2.75) is 39.2 Å². The zero-order chi connectivity index (χ0) is 15.1. The van der Waals surface area contributed by atoms with Gasteiger partial charge < -0.3 is 0 Å². The second kappa shape index (κ2) is 5.09. The van der Waals surface area contributed by atoms with Gasteiger partial charge >= 0.3 is 0 Å². The van der Waals surface area contributed by atoms with Crippen LogP contribution in [0.4, 0.5) is 0 Å². The van der Waals surface area contributed by atoms with Gasteiger partial charge in [0.25, 0.3) is 10.2 Å². The maximum Gasteiger partial charge on any atom is 0.283 e. The third-order valence-electron chi connectivity index (χ3n) is 3.94. The lowest BCUT2D eigenvalue weighted by molar-refractivity contribution is -0.141. The Bertz CT molecular complexity index is 529. The van der Waals surface area contributed by atoms with Crippen molar-refractivity contribution in [2.24, 2.45) is 5.92 Å². The van der Waals surface area contributed by atoms with E-state index in [-0.39, 0.29) is 12.5 Å². The van der Waals surface area contributed by atoms with Crippen LogP contribution in [0.15, 0.2) is 0 Å². The highest BCUT2D eigenvalue weighted by Gasteiger charge is 2.49. The van der Waals surface area contributed by atoms with Gasteiger partial charge in [0.05, 0.1) is 6.54 Å². The van der Waals surface area contributed by atoms with Gasteiger partial charge in [0.15, 0.2) is 0 Å². The predicted molar refractivity (Wildman–Crippen MR) is 72.8 cm³/mol. The zero-order valence-electron chi connectivity index (χ0n) is 12.0. The molecule has 0 aliphatic carbocycles. The molecule has 20 heavy (non-hydrogen) atoms. The van der Waals surface area contributed by atoms with E-state index in [2.05, 4.69) is 5.32 Å². The molecule has 2 fully saturated rings. The van der Waals surface area contributed by atoms with E-state index in [1.165, 1.54) is 18.2 Å². The van der Waals surface area contributed by atoms with Crippen LogP contribution in [0.3, 0.4) is 0 Å². The first-order valence-electron chi connectivity index (χ1n) is 6.78. The number of carbonyl (C=O) groups is 2. The van der Waals surface area contributed by atoms with Gasteiger partial charge in [-0.3, -0.25) is 14.9 Å². The van der Waals surface area contributed by atoms with Gasteiger partial charge in [-0.25, -0.2) is 0 Å². The van der Waals surface area contributed by atoms with Crippen LogP contribution in [-0.2, 0) is 19.8 Å². The minimum atomic E-state index is -3.81. The number of hydrogen-bond acceptors (Lipinski definition) is 4. The van der Waals surface area contributed by atoms with E-state index in [1.54, 1.807) is 0 Å². The zero-order valence-corrected chi connectivity index (χ0v) is 12.9. The molecule has 1 unspecified atom stereocenters. The van der Waals surface area contributed by atoms with E-state index in [0.29, 0.717) is 13.1 Å². The first-order valence-corrected chi connectivity index (χ1v) is 8.17. The predicted octanol–water partition coefficient (Wildman–Crippen LogP) is -0.300. The van der Waals surface area contributed by atoms with Crippen LogP contribution >= 0.6 is 0 Å². The van der Waals surface area contributed by atoms with E-state index >= 15 is 0 Å². The Hall–Kier alpha value is -0.990. The first kappa shape index (κ1) is 15.4. The van der Waals surface area contributed by atoms with Gasteiger partial charge in [0.1, 0.15) is 5.54 Å². The second-order valence-electron chi connectivity index (χ2n) is 6.06. The third-order valence-corrected chi connectivity index (χ3v) is 6.07. The maximum absolute atomic E-state index is 12.7. The highest BCUT2D eigenvalue weighted by molar-refractivity contribution is 7.86. The fourth-order valence-electron chi connectivity index (χ4n) is 2.63. The Labute approximate surface area is 119 Å². The lowest BCUT2D eigenvalue weighted by Crippen LogP contribution is -2.67. The van der Waals surface area contributed by atoms with Gasteiger partial charge in [-0.1, -0.05) is 6.92 Å². The summed E-state index contributed by atoms with van der Waals surface area (Å²) in [6, 6.07) is 0. The molecular weight excluding hydrogens is 282 g/mol. The number of hydrogen-bond donors (Lipinski definition) is 1. The molecule has 2 aliphatic heterocycles. The van der Waals surface area contributed by atoms with Crippen LogP contribution in [0.1, 0.15) is 33.6 Å². The van der Waals surface area contributed by atoms with Gasteiger partial charge in [0.2, 0.25) is 11.8 Å². The summed E-state index contributed by atoms with van der Waals surface area (Å²) < 4.78 is 27.8. The fourth-order valence-corrected chi connectivity index (χ4v) is 4.65. The van der Waals surface area contributed by atoms with Crippen LogP contribution in [0, 0.1) is 5.92 Å². The van der Waals surface area contributed by atoms with Gasteiger partial charge in [-0.05, 0) is 32.6 Å². The Morgan fingerprint density at radius 1 is 1.30 bits per heavy atom. The van der Waals surface area contributed by atoms with Gasteiger partial charge in [-0.15, -0.1) is 0 Å². The maximum atomic E-state index is 12.7. The highest BCUT2D eigenvalue weighted by Crippen LogP contribution is 2.27. The summed E-state index contributed by atoms with van der Waals surface area (Å²) in [5.74, 6) is -0.874. The van der Waals surface area contributed by atoms with Crippen molar-refractivity contribution in [3.8, 4) is 0 Å². The summed E-state index contributed by atoms with van der Waals surface area (Å²) >= 11 is 0. The summed E-state index contributed by atoms with van der Waals surface area (Å²) in [6.07, 6.45) is 1.80. The molecule has 0 aromatic carbocycles. The average molecular weight is 303 g/mol. The molecule has 1 atom stereocenters. The van der Waals surface area contributed by atoms with Crippen LogP contribution in [0.5, 0.6) is 0 Å². The smallest absolute Gasteiger partial charge is 0.283 e. The molecule has 2 heterocycles. The largest absolute Gasteiger partial charge is 0.294 e. The number of amides is 2. The average Bonchev–Trinajstić information content (AvgIpc) is 2.34. The van der Waals surface area contributed by atoms with Crippen molar-refractivity contribution in [2.75, 3.05) is 19.6 Å². The molecule has 2 aliphatic rings. The number of piperidine rings is 1. The molecule has 0 spiro atoms. The van der Waals surface area contributed by atoms with Gasteiger partial charge in [-0.2, -0.15) is 17.0 Å². The van der Waals surface area contributed by atoms with Crippen molar-refractivity contribution in [1.82, 2.24) is 13.9 Å². The quantitative estimate of drug-likeness (QED) is 0.710. The van der Waals surface area contributed by atoms with E-state index in [4.69, 9.17) is 0 Å². The molecule has 114 valence electrons. The van der Waals surface area contributed by atoms with Crippen molar-refractivity contribution >= 4 is 22.0 Å². The Morgan fingerprint density at radius 3 is 2.55 bits per heavy atom. The Morgan fingerprint density at radius 2 is 1.95 bits per heavy atom. The van der Waals surface area contributed by atoms with E-state index in [1.807, 2.05) is 6.92 Å². The third kappa shape index (κ3) is 2.59. The fraction of sp³-hybridized carbons (Fsp3) is 0.833. The van der Waals surface area contributed by atoms with Crippen LogP contribution < -0.4 is 5.32 Å². The van der Waals surface area contributed by atoms with Crippen molar-refractivity contribution in [1.29, 1.82) is 0 Å². The monoisotopic (exact) mass is 303 g/mol. The lowest BCUT2D eigenvalue weighted by Gasteiger charge is -2.42. The van der Waals surface area contributed by atoms with Crippen molar-refractivity contribution in [3.63, 3.8) is 0 Å². The molecule has 7 nitrogen and oxygen atoms in total. The first-order chi connectivity index (χ1) is 9.15. The highest BCUT2D eigenvalue weighted by atomic mass is 32.2. The minimum Gasteiger partial charge on any atom is -0.294 e. The van der Waals surface area contributed by atoms with E-state index in [0.717, 1.165) is 17.1 Å². The molecule has 0 bridgehead atoms. The molecule has 0 radical (unpaired) electrons. The Kier molecular flexibility index (Phi) is 3.92. The molecule has 0 aromatic heterocycles. The van der Waals surface area contributed by atoms with Crippen LogP contribution in [0.2, 0.25) is 0 Å². The van der Waals surface area contributed by atoms with Crippen molar-refractivity contribution < 1.29 is 18.0 Å². The number of rotatable bonds is 2.